The molecule has 0 bridgehead atoms. The van der Waals surface area contributed by atoms with Crippen LogP contribution in [0.25, 0.3) is 0 Å². The maximum Gasteiger partial charge on any atom is 0.326 e. The van der Waals surface area contributed by atoms with Crippen molar-refractivity contribution in [1.29, 1.82) is 0 Å². The van der Waals surface area contributed by atoms with Crippen LogP contribution in [0.4, 0.5) is 5.69 Å². The third-order valence-corrected chi connectivity index (χ3v) is 3.43. The van der Waals surface area contributed by atoms with E-state index in [2.05, 4.69) is 5.32 Å². The Morgan fingerprint density at radius 2 is 2.04 bits per heavy atom. The van der Waals surface area contributed by atoms with Crippen LogP contribution in [-0.4, -0.2) is 51.8 Å². The van der Waals surface area contributed by atoms with Crippen molar-refractivity contribution in [2.24, 2.45) is 0 Å². The SMILES string of the molecule is CC(=O)NCCN(C(=O)c1ccc(Cl)cc1[N+](=O)[O-])C(C)C(=O)O. The number of nitro benzene ring substituents is 1. The van der Waals surface area contributed by atoms with Crippen LogP contribution in [0.2, 0.25) is 5.02 Å². The normalized spacial score (nSPS) is 11.5. The maximum absolute atomic E-state index is 12.6. The first-order valence-electron chi connectivity index (χ1n) is 6.87. The largest absolute Gasteiger partial charge is 0.480 e. The van der Waals surface area contributed by atoms with Crippen LogP contribution >= 0.6 is 11.6 Å². The monoisotopic (exact) mass is 357 g/mol. The molecule has 130 valence electrons. The van der Waals surface area contributed by atoms with Crippen molar-refractivity contribution in [3.63, 3.8) is 0 Å². The van der Waals surface area contributed by atoms with E-state index in [1.54, 1.807) is 0 Å². The Labute approximate surface area is 142 Å². The molecule has 9 nitrogen and oxygen atoms in total. The molecule has 1 aromatic rings. The fourth-order valence-electron chi connectivity index (χ4n) is 1.95. The zero-order valence-electron chi connectivity index (χ0n) is 13.0. The second-order valence-corrected chi connectivity index (χ2v) is 5.35. The van der Waals surface area contributed by atoms with E-state index >= 15 is 0 Å². The highest BCUT2D eigenvalue weighted by molar-refractivity contribution is 6.31. The lowest BCUT2D eigenvalue weighted by Crippen LogP contribution is -2.46. The summed E-state index contributed by atoms with van der Waals surface area (Å²) in [7, 11) is 0. The third-order valence-electron chi connectivity index (χ3n) is 3.20. The summed E-state index contributed by atoms with van der Waals surface area (Å²) in [6.45, 7) is 2.44. The van der Waals surface area contributed by atoms with Gasteiger partial charge in [-0.25, -0.2) is 4.79 Å². The van der Waals surface area contributed by atoms with E-state index in [-0.39, 0.29) is 29.6 Å². The number of hydrogen-bond donors (Lipinski definition) is 2. The number of nitrogens with one attached hydrogen (secondary N) is 1. The summed E-state index contributed by atoms with van der Waals surface area (Å²) < 4.78 is 0. The number of rotatable bonds is 7. The Balaban J connectivity index is 3.18. The first-order valence-corrected chi connectivity index (χ1v) is 7.25. The number of hydrogen-bond acceptors (Lipinski definition) is 5. The van der Waals surface area contributed by atoms with Crippen LogP contribution in [0.15, 0.2) is 18.2 Å². The predicted molar refractivity (Wildman–Crippen MR) is 84.9 cm³/mol. The highest BCUT2D eigenvalue weighted by Gasteiger charge is 2.30. The van der Waals surface area contributed by atoms with Gasteiger partial charge in [0.15, 0.2) is 0 Å². The molecule has 1 aromatic carbocycles. The molecule has 1 rings (SSSR count). The first kappa shape index (κ1) is 19.4. The predicted octanol–water partition coefficient (Wildman–Crippen LogP) is 1.30. The van der Waals surface area contributed by atoms with E-state index in [0.29, 0.717) is 0 Å². The second kappa shape index (κ2) is 8.25. The maximum atomic E-state index is 12.6. The number of amides is 2. The zero-order chi connectivity index (χ0) is 18.4. The molecule has 2 N–H and O–H groups in total. The fraction of sp³-hybridized carbons (Fsp3) is 0.357. The Bertz CT molecular complexity index is 678. The van der Waals surface area contributed by atoms with E-state index in [1.165, 1.54) is 26.0 Å². The van der Waals surface area contributed by atoms with Gasteiger partial charge in [0, 0.05) is 31.1 Å². The highest BCUT2D eigenvalue weighted by Crippen LogP contribution is 2.25. The van der Waals surface area contributed by atoms with Crippen molar-refractivity contribution < 1.29 is 24.4 Å². The molecule has 10 heteroatoms. The van der Waals surface area contributed by atoms with Gasteiger partial charge in [0.25, 0.3) is 11.6 Å². The Morgan fingerprint density at radius 3 is 2.54 bits per heavy atom. The quantitative estimate of drug-likeness (QED) is 0.558. The molecule has 0 heterocycles. The minimum atomic E-state index is -1.28. The molecule has 1 atom stereocenters. The van der Waals surface area contributed by atoms with E-state index in [4.69, 9.17) is 16.7 Å². The van der Waals surface area contributed by atoms with Gasteiger partial charge in [-0.15, -0.1) is 0 Å². The second-order valence-electron chi connectivity index (χ2n) is 4.91. The number of halogens is 1. The summed E-state index contributed by atoms with van der Waals surface area (Å²) in [5.74, 6) is -2.45. The van der Waals surface area contributed by atoms with Crippen LogP contribution in [0.3, 0.4) is 0 Å². The van der Waals surface area contributed by atoms with Crippen molar-refractivity contribution >= 4 is 35.1 Å². The molecule has 24 heavy (non-hydrogen) atoms. The van der Waals surface area contributed by atoms with Gasteiger partial charge in [0.2, 0.25) is 5.91 Å². The summed E-state index contributed by atoms with van der Waals surface area (Å²) in [6.07, 6.45) is 0. The molecule has 0 saturated heterocycles. The smallest absolute Gasteiger partial charge is 0.326 e. The number of nitrogens with zero attached hydrogens (tertiary/aromatic N) is 2. The van der Waals surface area contributed by atoms with Crippen molar-refractivity contribution in [2.45, 2.75) is 19.9 Å². The van der Waals surface area contributed by atoms with Crippen molar-refractivity contribution in [3.8, 4) is 0 Å². The molecule has 0 fully saturated rings. The number of benzene rings is 1. The average Bonchev–Trinajstić information content (AvgIpc) is 2.49. The standard InChI is InChI=1S/C14H16ClN3O6/c1-8(14(21)22)17(6-5-16-9(2)19)13(20)11-4-3-10(15)7-12(11)18(23)24/h3-4,7-8H,5-6H2,1-2H3,(H,16,19)(H,21,22). The minimum Gasteiger partial charge on any atom is -0.480 e. The number of aliphatic carboxylic acids is 1. The van der Waals surface area contributed by atoms with E-state index in [1.807, 2.05) is 0 Å². The van der Waals surface area contributed by atoms with Gasteiger partial charge in [-0.3, -0.25) is 19.7 Å². The molecule has 0 saturated carbocycles. The van der Waals surface area contributed by atoms with Crippen molar-refractivity contribution in [2.75, 3.05) is 13.1 Å². The fourth-order valence-corrected chi connectivity index (χ4v) is 2.11. The number of carbonyl (C=O) groups excluding carboxylic acids is 2. The molecule has 0 aliphatic heterocycles. The van der Waals surface area contributed by atoms with Crippen LogP contribution in [-0.2, 0) is 9.59 Å². The summed E-state index contributed by atoms with van der Waals surface area (Å²) in [4.78, 5) is 46.0. The molecule has 0 radical (unpaired) electrons. The van der Waals surface area contributed by atoms with Crippen LogP contribution < -0.4 is 5.32 Å². The Hall–Kier alpha value is -2.68. The van der Waals surface area contributed by atoms with E-state index in [0.717, 1.165) is 11.0 Å². The Kier molecular flexibility index (Phi) is 6.66. The lowest BCUT2D eigenvalue weighted by molar-refractivity contribution is -0.385. The molecule has 2 amide bonds. The van der Waals surface area contributed by atoms with Gasteiger partial charge < -0.3 is 15.3 Å². The lowest BCUT2D eigenvalue weighted by atomic mass is 10.1. The molecular weight excluding hydrogens is 342 g/mol. The first-order chi connectivity index (χ1) is 11.1. The van der Waals surface area contributed by atoms with Crippen LogP contribution in [0, 0.1) is 10.1 Å². The number of carboxylic acid groups (broad SMARTS) is 1. The zero-order valence-corrected chi connectivity index (χ0v) is 13.7. The molecular formula is C14H16ClN3O6. The van der Waals surface area contributed by atoms with Gasteiger partial charge in [0.1, 0.15) is 11.6 Å². The number of nitro groups is 1. The van der Waals surface area contributed by atoms with Gasteiger partial charge in [-0.05, 0) is 19.1 Å². The third kappa shape index (κ3) is 4.92. The molecule has 0 spiro atoms. The number of carboxylic acids is 1. The highest BCUT2D eigenvalue weighted by atomic mass is 35.5. The molecule has 0 aromatic heterocycles. The van der Waals surface area contributed by atoms with E-state index < -0.39 is 28.5 Å². The topological polar surface area (TPSA) is 130 Å². The van der Waals surface area contributed by atoms with Crippen molar-refractivity contribution in [3.05, 3.63) is 38.9 Å². The summed E-state index contributed by atoms with van der Waals surface area (Å²) in [5, 5.41) is 22.8. The van der Waals surface area contributed by atoms with Crippen molar-refractivity contribution in [1.82, 2.24) is 10.2 Å². The summed E-state index contributed by atoms with van der Waals surface area (Å²) in [6, 6.07) is 2.26. The summed E-state index contributed by atoms with van der Waals surface area (Å²) in [5.41, 5.74) is -0.796. The number of carbonyl (C=O) groups is 3. The van der Waals surface area contributed by atoms with Gasteiger partial charge in [0.05, 0.1) is 4.92 Å². The average molecular weight is 358 g/mol. The summed E-state index contributed by atoms with van der Waals surface area (Å²) >= 11 is 5.71. The Morgan fingerprint density at radius 1 is 1.42 bits per heavy atom. The van der Waals surface area contributed by atoms with Crippen LogP contribution in [0.5, 0.6) is 0 Å². The van der Waals surface area contributed by atoms with E-state index in [9.17, 15) is 24.5 Å². The van der Waals surface area contributed by atoms with Crippen LogP contribution in [0.1, 0.15) is 24.2 Å². The van der Waals surface area contributed by atoms with Gasteiger partial charge >= 0.3 is 5.97 Å². The molecule has 1 unspecified atom stereocenters. The molecule has 0 aliphatic carbocycles. The minimum absolute atomic E-state index is 0.0140. The van der Waals surface area contributed by atoms with Gasteiger partial charge in [-0.1, -0.05) is 11.6 Å². The van der Waals surface area contributed by atoms with Gasteiger partial charge in [-0.2, -0.15) is 0 Å². The lowest BCUT2D eigenvalue weighted by Gasteiger charge is -2.26. The molecule has 0 aliphatic rings.